The molecule has 1 aromatic rings. The molecule has 1 unspecified atom stereocenters. The summed E-state index contributed by atoms with van der Waals surface area (Å²) in [6.07, 6.45) is 4.14. The number of hydrogen-bond acceptors (Lipinski definition) is 6. The van der Waals surface area contributed by atoms with Gasteiger partial charge in [0, 0.05) is 24.6 Å². The Kier molecular flexibility index (Phi) is 3.99. The molecule has 2 aliphatic rings. The van der Waals surface area contributed by atoms with Crippen LogP contribution in [0.5, 0.6) is 0 Å². The Morgan fingerprint density at radius 2 is 1.90 bits per heavy atom. The van der Waals surface area contributed by atoms with Gasteiger partial charge >= 0.3 is 0 Å². The molecular formula is C15H25N5O. The molecular weight excluding hydrogens is 266 g/mol. The molecule has 4 N–H and O–H groups in total. The van der Waals surface area contributed by atoms with Crippen LogP contribution in [0, 0.1) is 12.8 Å². The van der Waals surface area contributed by atoms with E-state index in [-0.39, 0.29) is 6.10 Å². The van der Waals surface area contributed by atoms with E-state index in [1.165, 1.54) is 12.8 Å². The topological polar surface area (TPSA) is 87.3 Å². The van der Waals surface area contributed by atoms with Crippen molar-refractivity contribution in [1.82, 2.24) is 9.97 Å². The Balaban J connectivity index is 1.82. The van der Waals surface area contributed by atoms with Gasteiger partial charge in [0.05, 0.1) is 6.10 Å². The van der Waals surface area contributed by atoms with Crippen molar-refractivity contribution in [3.8, 4) is 0 Å². The lowest BCUT2D eigenvalue weighted by Crippen LogP contribution is -2.38. The van der Waals surface area contributed by atoms with Gasteiger partial charge in [-0.15, -0.1) is 0 Å². The number of anilines is 2. The van der Waals surface area contributed by atoms with Crippen LogP contribution in [0.3, 0.4) is 0 Å². The molecule has 1 atom stereocenters. The molecule has 0 amide bonds. The van der Waals surface area contributed by atoms with Crippen LogP contribution in [-0.2, 0) is 0 Å². The van der Waals surface area contributed by atoms with Crippen LogP contribution in [-0.4, -0.2) is 34.3 Å². The monoisotopic (exact) mass is 291 g/mol. The van der Waals surface area contributed by atoms with E-state index in [1.54, 1.807) is 0 Å². The highest BCUT2D eigenvalue weighted by molar-refractivity contribution is 5.58. The number of rotatable bonds is 4. The van der Waals surface area contributed by atoms with Crippen molar-refractivity contribution in [3.63, 3.8) is 0 Å². The lowest BCUT2D eigenvalue weighted by molar-refractivity contribution is 0.109. The van der Waals surface area contributed by atoms with Gasteiger partial charge in [-0.05, 0) is 45.4 Å². The van der Waals surface area contributed by atoms with Gasteiger partial charge in [0.25, 0.3) is 0 Å². The van der Waals surface area contributed by atoms with Crippen LogP contribution >= 0.6 is 0 Å². The number of hydrogen-bond donors (Lipinski definition) is 3. The van der Waals surface area contributed by atoms with Crippen molar-refractivity contribution >= 4 is 11.6 Å². The van der Waals surface area contributed by atoms with Gasteiger partial charge < -0.3 is 15.4 Å². The fraction of sp³-hybridized carbons (Fsp3) is 0.733. The lowest BCUT2D eigenvalue weighted by Gasteiger charge is -2.35. The first-order valence-corrected chi connectivity index (χ1v) is 7.88. The van der Waals surface area contributed by atoms with Crippen LogP contribution in [0.4, 0.5) is 11.6 Å². The summed E-state index contributed by atoms with van der Waals surface area (Å²) in [6.45, 7) is 5.77. The molecule has 6 nitrogen and oxygen atoms in total. The first-order chi connectivity index (χ1) is 10.1. The highest BCUT2D eigenvalue weighted by Gasteiger charge is 2.30. The van der Waals surface area contributed by atoms with Crippen LogP contribution in [0.2, 0.25) is 0 Å². The molecule has 2 fully saturated rings. The minimum Gasteiger partial charge on any atom is -0.393 e. The number of aliphatic hydroxyl groups excluding tert-OH is 1. The van der Waals surface area contributed by atoms with Gasteiger partial charge in [0.2, 0.25) is 0 Å². The molecule has 1 aromatic heterocycles. The molecule has 2 heterocycles. The zero-order chi connectivity index (χ0) is 15.0. The summed E-state index contributed by atoms with van der Waals surface area (Å²) in [5, 5.41) is 9.73. The van der Waals surface area contributed by atoms with Gasteiger partial charge in [-0.3, -0.25) is 0 Å². The molecule has 116 valence electrons. The molecule has 21 heavy (non-hydrogen) atoms. The third-order valence-corrected chi connectivity index (χ3v) is 4.74. The van der Waals surface area contributed by atoms with Crippen molar-refractivity contribution < 1.29 is 5.11 Å². The number of piperidine rings is 1. The zero-order valence-corrected chi connectivity index (χ0v) is 12.8. The van der Waals surface area contributed by atoms with E-state index in [2.05, 4.69) is 15.3 Å². The molecule has 0 bridgehead atoms. The quantitative estimate of drug-likeness (QED) is 0.576. The van der Waals surface area contributed by atoms with E-state index in [4.69, 9.17) is 10.8 Å². The first-order valence-electron chi connectivity index (χ1n) is 7.88. The molecule has 0 radical (unpaired) electrons. The van der Waals surface area contributed by atoms with E-state index < -0.39 is 0 Å². The number of nitrogen functional groups attached to an aromatic ring is 1. The van der Waals surface area contributed by atoms with Crippen molar-refractivity contribution in [2.45, 2.75) is 51.6 Å². The normalized spacial score (nSPS) is 21.4. The van der Waals surface area contributed by atoms with E-state index in [0.29, 0.717) is 11.8 Å². The highest BCUT2D eigenvalue weighted by Crippen LogP contribution is 2.40. The Morgan fingerprint density at radius 3 is 2.43 bits per heavy atom. The second-order valence-corrected chi connectivity index (χ2v) is 6.36. The van der Waals surface area contributed by atoms with Crippen molar-refractivity contribution in [2.24, 2.45) is 11.8 Å². The Bertz CT molecular complexity index is 507. The predicted octanol–water partition coefficient (Wildman–Crippen LogP) is 1.55. The second kappa shape index (κ2) is 5.77. The maximum Gasteiger partial charge on any atom is 0.148 e. The van der Waals surface area contributed by atoms with Crippen molar-refractivity contribution in [1.29, 1.82) is 0 Å². The molecule has 0 aromatic carbocycles. The number of aromatic nitrogens is 2. The molecule has 0 spiro atoms. The fourth-order valence-corrected chi connectivity index (χ4v) is 3.09. The van der Waals surface area contributed by atoms with E-state index in [9.17, 15) is 5.11 Å². The van der Waals surface area contributed by atoms with E-state index >= 15 is 0 Å². The number of nitrogens with zero attached hydrogens (tertiary/aromatic N) is 3. The summed E-state index contributed by atoms with van der Waals surface area (Å²) in [4.78, 5) is 11.6. The number of aliphatic hydroxyl groups is 1. The van der Waals surface area contributed by atoms with Gasteiger partial charge in [0.15, 0.2) is 0 Å². The SMILES string of the molecule is Cc1c(NN)nc(C2CC2)nc1N1CCC(C(C)O)CC1. The third-order valence-electron chi connectivity index (χ3n) is 4.74. The number of nitrogens with two attached hydrogens (primary N) is 1. The lowest BCUT2D eigenvalue weighted by atomic mass is 9.92. The summed E-state index contributed by atoms with van der Waals surface area (Å²) in [6, 6.07) is 0. The van der Waals surface area contributed by atoms with E-state index in [1.807, 2.05) is 13.8 Å². The summed E-state index contributed by atoms with van der Waals surface area (Å²) >= 11 is 0. The summed E-state index contributed by atoms with van der Waals surface area (Å²) < 4.78 is 0. The molecule has 1 aliphatic carbocycles. The second-order valence-electron chi connectivity index (χ2n) is 6.36. The van der Waals surface area contributed by atoms with Crippen LogP contribution in [0.15, 0.2) is 0 Å². The Morgan fingerprint density at radius 1 is 1.24 bits per heavy atom. The average molecular weight is 291 g/mol. The van der Waals surface area contributed by atoms with Gasteiger partial charge in [-0.2, -0.15) is 0 Å². The van der Waals surface area contributed by atoms with Crippen LogP contribution < -0.4 is 16.2 Å². The third kappa shape index (κ3) is 2.96. The van der Waals surface area contributed by atoms with Gasteiger partial charge in [-0.25, -0.2) is 15.8 Å². The molecule has 1 aliphatic heterocycles. The van der Waals surface area contributed by atoms with E-state index in [0.717, 1.165) is 49.0 Å². The average Bonchev–Trinajstić information content (AvgIpc) is 3.32. The standard InChI is InChI=1S/C15H25N5O/c1-9-13(19-16)17-14(12-3-4-12)18-15(9)20-7-5-11(6-8-20)10(2)21/h10-12,21H,3-8,16H2,1-2H3,(H,17,18,19). The number of hydrazine groups is 1. The van der Waals surface area contributed by atoms with Crippen molar-refractivity contribution in [3.05, 3.63) is 11.4 Å². The number of nitrogens with one attached hydrogen (secondary N) is 1. The maximum absolute atomic E-state index is 9.73. The minimum absolute atomic E-state index is 0.220. The Labute approximate surface area is 125 Å². The molecule has 3 rings (SSSR count). The maximum atomic E-state index is 9.73. The predicted molar refractivity (Wildman–Crippen MR) is 83.2 cm³/mol. The summed E-state index contributed by atoms with van der Waals surface area (Å²) in [5.41, 5.74) is 3.72. The van der Waals surface area contributed by atoms with Crippen LogP contribution in [0.1, 0.15) is 49.9 Å². The summed E-state index contributed by atoms with van der Waals surface area (Å²) in [5.74, 6) is 9.17. The zero-order valence-electron chi connectivity index (χ0n) is 12.8. The van der Waals surface area contributed by atoms with Gasteiger partial charge in [-0.1, -0.05) is 0 Å². The molecule has 1 saturated carbocycles. The largest absolute Gasteiger partial charge is 0.393 e. The van der Waals surface area contributed by atoms with Crippen molar-refractivity contribution in [2.75, 3.05) is 23.4 Å². The smallest absolute Gasteiger partial charge is 0.148 e. The first kappa shape index (κ1) is 14.5. The summed E-state index contributed by atoms with van der Waals surface area (Å²) in [7, 11) is 0. The molecule has 1 saturated heterocycles. The highest BCUT2D eigenvalue weighted by atomic mass is 16.3. The fourth-order valence-electron chi connectivity index (χ4n) is 3.09. The molecule has 6 heteroatoms. The van der Waals surface area contributed by atoms with Gasteiger partial charge in [0.1, 0.15) is 17.5 Å². The van der Waals surface area contributed by atoms with Crippen LogP contribution in [0.25, 0.3) is 0 Å². The minimum atomic E-state index is -0.220. The Hall–Kier alpha value is -1.40.